The van der Waals surface area contributed by atoms with Crippen LogP contribution in [0.15, 0.2) is 53.3 Å². The Morgan fingerprint density at radius 3 is 2.80 bits per heavy atom. The van der Waals surface area contributed by atoms with E-state index >= 15 is 0 Å². The third-order valence-corrected chi connectivity index (χ3v) is 3.39. The fourth-order valence-corrected chi connectivity index (χ4v) is 2.22. The summed E-state index contributed by atoms with van der Waals surface area (Å²) in [5.74, 6) is -0.343. The van der Waals surface area contributed by atoms with Crippen molar-refractivity contribution in [2.75, 3.05) is 5.32 Å². The third-order valence-electron chi connectivity index (χ3n) is 3.09. The maximum Gasteiger partial charge on any atom is 0.387 e. The predicted molar refractivity (Wildman–Crippen MR) is 85.8 cm³/mol. The van der Waals surface area contributed by atoms with Crippen LogP contribution in [0.2, 0.25) is 5.02 Å². The van der Waals surface area contributed by atoms with E-state index in [4.69, 9.17) is 16.1 Å². The van der Waals surface area contributed by atoms with Crippen molar-refractivity contribution in [1.29, 1.82) is 0 Å². The SMILES string of the molecule is O=C(Nc1ccc(OC(F)F)c(Cl)c1)c1cc(-c2cccnc2)on1. The van der Waals surface area contributed by atoms with Crippen molar-refractivity contribution in [3.05, 3.63) is 59.5 Å². The molecular formula is C16H10ClF2N3O3. The predicted octanol–water partition coefficient (Wildman–Crippen LogP) is 4.24. The monoisotopic (exact) mass is 365 g/mol. The lowest BCUT2D eigenvalue weighted by Crippen LogP contribution is -2.12. The molecule has 9 heteroatoms. The van der Waals surface area contributed by atoms with Gasteiger partial charge in [-0.1, -0.05) is 16.8 Å². The quantitative estimate of drug-likeness (QED) is 0.731. The molecule has 0 bridgehead atoms. The molecule has 0 atom stereocenters. The molecule has 1 amide bonds. The van der Waals surface area contributed by atoms with Crippen LogP contribution in [0, 0.1) is 0 Å². The van der Waals surface area contributed by atoms with Gasteiger partial charge in [-0.2, -0.15) is 8.78 Å². The highest BCUT2D eigenvalue weighted by molar-refractivity contribution is 6.32. The van der Waals surface area contributed by atoms with E-state index in [1.54, 1.807) is 24.5 Å². The first-order chi connectivity index (χ1) is 12.0. The van der Waals surface area contributed by atoms with Crippen molar-refractivity contribution in [2.45, 2.75) is 6.61 Å². The fourth-order valence-electron chi connectivity index (χ4n) is 1.99. The number of rotatable bonds is 5. The smallest absolute Gasteiger partial charge is 0.387 e. The molecule has 2 aromatic heterocycles. The Morgan fingerprint density at radius 1 is 1.28 bits per heavy atom. The van der Waals surface area contributed by atoms with Crippen LogP contribution in [0.25, 0.3) is 11.3 Å². The van der Waals surface area contributed by atoms with Gasteiger partial charge in [0, 0.05) is 29.7 Å². The topological polar surface area (TPSA) is 77.2 Å². The zero-order chi connectivity index (χ0) is 17.8. The third kappa shape index (κ3) is 4.10. The normalized spacial score (nSPS) is 10.7. The molecule has 0 spiro atoms. The van der Waals surface area contributed by atoms with Gasteiger partial charge in [-0.25, -0.2) is 0 Å². The van der Waals surface area contributed by atoms with Gasteiger partial charge in [-0.15, -0.1) is 0 Å². The highest BCUT2D eigenvalue weighted by Crippen LogP contribution is 2.29. The van der Waals surface area contributed by atoms with Gasteiger partial charge >= 0.3 is 6.61 Å². The van der Waals surface area contributed by atoms with Crippen molar-refractivity contribution >= 4 is 23.2 Å². The van der Waals surface area contributed by atoms with Crippen LogP contribution in [0.3, 0.4) is 0 Å². The first-order valence-electron chi connectivity index (χ1n) is 6.96. The molecule has 0 unspecified atom stereocenters. The second kappa shape index (κ2) is 7.27. The lowest BCUT2D eigenvalue weighted by Gasteiger charge is -2.08. The molecule has 0 aliphatic rings. The van der Waals surface area contributed by atoms with Gasteiger partial charge in [0.05, 0.1) is 5.02 Å². The molecule has 3 rings (SSSR count). The lowest BCUT2D eigenvalue weighted by molar-refractivity contribution is -0.0497. The Labute approximate surface area is 145 Å². The van der Waals surface area contributed by atoms with Gasteiger partial charge in [0.2, 0.25) is 0 Å². The average Bonchev–Trinajstić information content (AvgIpc) is 3.08. The number of nitrogens with one attached hydrogen (secondary N) is 1. The van der Waals surface area contributed by atoms with Crippen LogP contribution in [-0.2, 0) is 0 Å². The van der Waals surface area contributed by atoms with Gasteiger partial charge in [0.15, 0.2) is 11.5 Å². The highest BCUT2D eigenvalue weighted by atomic mass is 35.5. The molecule has 0 saturated heterocycles. The number of alkyl halides is 2. The van der Waals surface area contributed by atoms with Crippen LogP contribution in [0.5, 0.6) is 5.75 Å². The Bertz CT molecular complexity index is 887. The molecule has 2 heterocycles. The van der Waals surface area contributed by atoms with E-state index in [0.717, 1.165) is 0 Å². The van der Waals surface area contributed by atoms with Crippen LogP contribution in [0.1, 0.15) is 10.5 Å². The molecule has 3 aromatic rings. The maximum absolute atomic E-state index is 12.2. The van der Waals surface area contributed by atoms with Gasteiger partial charge < -0.3 is 14.6 Å². The molecule has 0 saturated carbocycles. The van der Waals surface area contributed by atoms with E-state index in [1.165, 1.54) is 24.3 Å². The van der Waals surface area contributed by atoms with Gasteiger partial charge in [-0.3, -0.25) is 9.78 Å². The number of benzene rings is 1. The van der Waals surface area contributed by atoms with Crippen LogP contribution >= 0.6 is 11.6 Å². The molecular weight excluding hydrogens is 356 g/mol. The van der Waals surface area contributed by atoms with Crippen molar-refractivity contribution < 1.29 is 22.8 Å². The van der Waals surface area contributed by atoms with E-state index in [1.807, 2.05) is 0 Å². The Balaban J connectivity index is 1.72. The second-order valence-corrected chi connectivity index (χ2v) is 5.20. The number of anilines is 1. The fraction of sp³-hybridized carbons (Fsp3) is 0.0625. The lowest BCUT2D eigenvalue weighted by atomic mass is 10.2. The van der Waals surface area contributed by atoms with Crippen molar-refractivity contribution in [3.8, 4) is 17.1 Å². The largest absolute Gasteiger partial charge is 0.433 e. The molecule has 0 fully saturated rings. The summed E-state index contributed by atoms with van der Waals surface area (Å²) in [5.41, 5.74) is 1.01. The minimum Gasteiger partial charge on any atom is -0.433 e. The number of halogens is 3. The zero-order valence-corrected chi connectivity index (χ0v) is 13.2. The molecule has 0 aliphatic heterocycles. The first-order valence-corrected chi connectivity index (χ1v) is 7.33. The summed E-state index contributed by atoms with van der Waals surface area (Å²) in [6.45, 7) is -2.99. The number of ether oxygens (including phenoxy) is 1. The first kappa shape index (κ1) is 16.8. The molecule has 0 aliphatic carbocycles. The minimum atomic E-state index is -2.99. The molecule has 0 radical (unpaired) electrons. The van der Waals surface area contributed by atoms with E-state index in [-0.39, 0.29) is 16.5 Å². The second-order valence-electron chi connectivity index (χ2n) is 4.80. The van der Waals surface area contributed by atoms with Crippen molar-refractivity contribution in [3.63, 3.8) is 0 Å². The number of amides is 1. The van der Waals surface area contributed by atoms with Crippen molar-refractivity contribution in [2.24, 2.45) is 0 Å². The summed E-state index contributed by atoms with van der Waals surface area (Å²) >= 11 is 5.84. The Kier molecular flexibility index (Phi) is 4.90. The number of nitrogens with zero attached hydrogens (tertiary/aromatic N) is 2. The summed E-state index contributed by atoms with van der Waals surface area (Å²) < 4.78 is 33.7. The summed E-state index contributed by atoms with van der Waals surface area (Å²) in [7, 11) is 0. The number of pyridine rings is 1. The summed E-state index contributed by atoms with van der Waals surface area (Å²) in [5, 5.41) is 6.18. The summed E-state index contributed by atoms with van der Waals surface area (Å²) in [4.78, 5) is 16.1. The number of carbonyl (C=O) groups excluding carboxylic acids is 1. The van der Waals surface area contributed by atoms with E-state index in [9.17, 15) is 13.6 Å². The number of hydrogen-bond acceptors (Lipinski definition) is 5. The number of hydrogen-bond donors (Lipinski definition) is 1. The Morgan fingerprint density at radius 2 is 2.12 bits per heavy atom. The zero-order valence-electron chi connectivity index (χ0n) is 12.4. The summed E-state index contributed by atoms with van der Waals surface area (Å²) in [6.07, 6.45) is 3.18. The molecule has 1 N–H and O–H groups in total. The maximum atomic E-state index is 12.2. The van der Waals surface area contributed by atoms with Gasteiger partial charge in [-0.05, 0) is 30.3 Å². The molecule has 1 aromatic carbocycles. The van der Waals surface area contributed by atoms with Crippen LogP contribution in [0.4, 0.5) is 14.5 Å². The van der Waals surface area contributed by atoms with Gasteiger partial charge in [0.25, 0.3) is 5.91 Å². The van der Waals surface area contributed by atoms with Crippen LogP contribution < -0.4 is 10.1 Å². The summed E-state index contributed by atoms with van der Waals surface area (Å²) in [6, 6.07) is 8.85. The standard InChI is InChI=1S/C16H10ClF2N3O3/c17-11-6-10(3-4-13(11)24-16(18)19)21-15(23)12-7-14(25-22-12)9-2-1-5-20-8-9/h1-8,16H,(H,21,23). The Hall–Kier alpha value is -3.00. The number of aromatic nitrogens is 2. The molecule has 25 heavy (non-hydrogen) atoms. The van der Waals surface area contributed by atoms with Crippen LogP contribution in [-0.4, -0.2) is 22.7 Å². The minimum absolute atomic E-state index is 0.0443. The van der Waals surface area contributed by atoms with E-state index in [0.29, 0.717) is 17.0 Å². The van der Waals surface area contributed by atoms with Crippen molar-refractivity contribution in [1.82, 2.24) is 10.1 Å². The van der Waals surface area contributed by atoms with E-state index < -0.39 is 12.5 Å². The molecule has 6 nitrogen and oxygen atoms in total. The highest BCUT2D eigenvalue weighted by Gasteiger charge is 2.15. The van der Waals surface area contributed by atoms with Gasteiger partial charge in [0.1, 0.15) is 5.75 Å². The van der Waals surface area contributed by atoms with E-state index in [2.05, 4.69) is 20.2 Å². The molecule has 128 valence electrons. The average molecular weight is 366 g/mol. The number of carbonyl (C=O) groups is 1.